The summed E-state index contributed by atoms with van der Waals surface area (Å²) in [7, 11) is 0. The highest BCUT2D eigenvalue weighted by Crippen LogP contribution is 2.10. The third-order valence-corrected chi connectivity index (χ3v) is 1.44. The minimum atomic E-state index is 0. The van der Waals surface area contributed by atoms with E-state index >= 15 is 0 Å². The van der Waals surface area contributed by atoms with E-state index in [1.165, 1.54) is 0 Å². The van der Waals surface area contributed by atoms with Crippen molar-refractivity contribution in [1.82, 2.24) is 9.97 Å². The smallest absolute Gasteiger partial charge is 0.222 e. The van der Waals surface area contributed by atoms with Gasteiger partial charge in [-0.05, 0) is 13.8 Å². The summed E-state index contributed by atoms with van der Waals surface area (Å²) in [6.45, 7) is 3.72. The van der Waals surface area contributed by atoms with Crippen LogP contribution in [0.5, 0.6) is 0 Å². The van der Waals surface area contributed by atoms with E-state index < -0.39 is 0 Å². The van der Waals surface area contributed by atoms with Crippen LogP contribution < -0.4 is 11.5 Å². The van der Waals surface area contributed by atoms with Crippen molar-refractivity contribution in [2.75, 3.05) is 11.5 Å². The van der Waals surface area contributed by atoms with E-state index in [0.29, 0.717) is 5.82 Å². The first-order chi connectivity index (χ1) is 4.61. The van der Waals surface area contributed by atoms with Gasteiger partial charge >= 0.3 is 0 Å². The molecular formula is C6H11ClN4. The van der Waals surface area contributed by atoms with Crippen LogP contribution >= 0.6 is 12.4 Å². The second-order valence-corrected chi connectivity index (χ2v) is 2.18. The van der Waals surface area contributed by atoms with Gasteiger partial charge in [0.15, 0.2) is 0 Å². The van der Waals surface area contributed by atoms with Crippen molar-refractivity contribution in [2.24, 2.45) is 0 Å². The fourth-order valence-corrected chi connectivity index (χ4v) is 0.673. The van der Waals surface area contributed by atoms with Gasteiger partial charge in [0.1, 0.15) is 5.82 Å². The van der Waals surface area contributed by atoms with E-state index in [-0.39, 0.29) is 18.4 Å². The quantitative estimate of drug-likeness (QED) is 0.607. The van der Waals surface area contributed by atoms with Crippen LogP contribution in [0.15, 0.2) is 0 Å². The van der Waals surface area contributed by atoms with E-state index in [9.17, 15) is 0 Å². The fourth-order valence-electron chi connectivity index (χ4n) is 0.673. The number of halogens is 1. The topological polar surface area (TPSA) is 77.8 Å². The van der Waals surface area contributed by atoms with Crippen LogP contribution in [0, 0.1) is 13.8 Å². The summed E-state index contributed by atoms with van der Waals surface area (Å²) in [5, 5.41) is 0. The average Bonchev–Trinajstić information content (AvgIpc) is 1.82. The summed E-state index contributed by atoms with van der Waals surface area (Å²) in [5.74, 6) is 0.700. The summed E-state index contributed by atoms with van der Waals surface area (Å²) in [6, 6.07) is 0. The number of rotatable bonds is 0. The molecule has 0 aliphatic rings. The molecule has 4 N–H and O–H groups in total. The Morgan fingerprint density at radius 2 is 1.64 bits per heavy atom. The second-order valence-electron chi connectivity index (χ2n) is 2.18. The van der Waals surface area contributed by atoms with Crippen LogP contribution in [0.2, 0.25) is 0 Å². The maximum absolute atomic E-state index is 5.49. The number of nitrogens with two attached hydrogens (primary N) is 2. The molecular weight excluding hydrogens is 164 g/mol. The van der Waals surface area contributed by atoms with E-state index in [0.717, 1.165) is 11.3 Å². The molecule has 11 heavy (non-hydrogen) atoms. The fraction of sp³-hybridized carbons (Fsp3) is 0.333. The van der Waals surface area contributed by atoms with E-state index in [4.69, 9.17) is 11.5 Å². The SMILES string of the molecule is Cc1nc(N)nc(N)c1C.Cl. The van der Waals surface area contributed by atoms with Gasteiger partial charge in [0.25, 0.3) is 0 Å². The molecule has 0 bridgehead atoms. The van der Waals surface area contributed by atoms with Gasteiger partial charge in [-0.1, -0.05) is 0 Å². The molecule has 0 radical (unpaired) electrons. The summed E-state index contributed by atoms with van der Waals surface area (Å²) >= 11 is 0. The first-order valence-electron chi connectivity index (χ1n) is 2.97. The molecule has 0 fully saturated rings. The van der Waals surface area contributed by atoms with E-state index in [2.05, 4.69) is 9.97 Å². The highest BCUT2D eigenvalue weighted by molar-refractivity contribution is 5.85. The molecule has 5 heteroatoms. The van der Waals surface area contributed by atoms with Crippen molar-refractivity contribution in [2.45, 2.75) is 13.8 Å². The lowest BCUT2D eigenvalue weighted by atomic mass is 10.2. The van der Waals surface area contributed by atoms with Crippen LogP contribution in [0.3, 0.4) is 0 Å². The number of aromatic nitrogens is 2. The van der Waals surface area contributed by atoms with Gasteiger partial charge in [-0.15, -0.1) is 12.4 Å². The summed E-state index contributed by atoms with van der Waals surface area (Å²) in [4.78, 5) is 7.70. The van der Waals surface area contributed by atoms with Gasteiger partial charge in [0.05, 0.1) is 0 Å². The zero-order chi connectivity index (χ0) is 7.72. The van der Waals surface area contributed by atoms with Crippen LogP contribution in [0.1, 0.15) is 11.3 Å². The number of hydrogen-bond acceptors (Lipinski definition) is 4. The molecule has 0 spiro atoms. The Balaban J connectivity index is 0.000001000. The van der Waals surface area contributed by atoms with Gasteiger partial charge in [-0.25, -0.2) is 4.98 Å². The third-order valence-electron chi connectivity index (χ3n) is 1.44. The molecule has 62 valence electrons. The molecule has 1 heterocycles. The predicted molar refractivity (Wildman–Crippen MR) is 47.6 cm³/mol. The number of nitrogen functional groups attached to an aromatic ring is 2. The number of aryl methyl sites for hydroxylation is 1. The molecule has 4 nitrogen and oxygen atoms in total. The minimum absolute atomic E-state index is 0. The highest BCUT2D eigenvalue weighted by Gasteiger charge is 2.00. The molecule has 0 atom stereocenters. The molecule has 1 aromatic heterocycles. The van der Waals surface area contributed by atoms with Crippen molar-refractivity contribution < 1.29 is 0 Å². The van der Waals surface area contributed by atoms with E-state index in [1.807, 2.05) is 13.8 Å². The molecule has 0 saturated heterocycles. The van der Waals surface area contributed by atoms with Gasteiger partial charge in [-0.3, -0.25) is 0 Å². The molecule has 1 aromatic rings. The normalized spacial score (nSPS) is 8.91. The zero-order valence-electron chi connectivity index (χ0n) is 6.46. The minimum Gasteiger partial charge on any atom is -0.383 e. The Kier molecular flexibility index (Phi) is 3.07. The molecule has 0 amide bonds. The molecule has 0 aromatic carbocycles. The first kappa shape index (κ1) is 9.97. The average molecular weight is 175 g/mol. The molecule has 0 unspecified atom stereocenters. The summed E-state index contributed by atoms with van der Waals surface area (Å²) in [6.07, 6.45) is 0. The first-order valence-corrected chi connectivity index (χ1v) is 2.97. The zero-order valence-corrected chi connectivity index (χ0v) is 7.27. The lowest BCUT2D eigenvalue weighted by Crippen LogP contribution is -2.03. The summed E-state index contributed by atoms with van der Waals surface area (Å²) < 4.78 is 0. The van der Waals surface area contributed by atoms with Crippen LogP contribution in [0.4, 0.5) is 11.8 Å². The lowest BCUT2D eigenvalue weighted by molar-refractivity contribution is 1.09. The maximum Gasteiger partial charge on any atom is 0.222 e. The number of nitrogens with zero attached hydrogens (tertiary/aromatic N) is 2. The van der Waals surface area contributed by atoms with Gasteiger partial charge in [0, 0.05) is 11.3 Å². The Morgan fingerprint density at radius 1 is 1.09 bits per heavy atom. The monoisotopic (exact) mass is 174 g/mol. The maximum atomic E-state index is 5.49. The van der Waals surface area contributed by atoms with Gasteiger partial charge < -0.3 is 11.5 Å². The third kappa shape index (κ3) is 1.94. The molecule has 0 aliphatic heterocycles. The number of hydrogen-bond donors (Lipinski definition) is 2. The van der Waals surface area contributed by atoms with Crippen molar-refractivity contribution in [3.8, 4) is 0 Å². The van der Waals surface area contributed by atoms with Crippen LogP contribution in [0.25, 0.3) is 0 Å². The van der Waals surface area contributed by atoms with Gasteiger partial charge in [-0.2, -0.15) is 4.98 Å². The standard InChI is InChI=1S/C6H10N4.ClH/c1-3-4(2)9-6(8)10-5(3)7;/h1-2H3,(H4,7,8,9,10);1H. The van der Waals surface area contributed by atoms with Crippen molar-refractivity contribution in [3.05, 3.63) is 11.3 Å². The highest BCUT2D eigenvalue weighted by atomic mass is 35.5. The Hall–Kier alpha value is -1.03. The van der Waals surface area contributed by atoms with E-state index in [1.54, 1.807) is 0 Å². The Bertz CT molecular complexity index is 238. The summed E-state index contributed by atoms with van der Waals surface area (Å²) in [5.41, 5.74) is 12.6. The van der Waals surface area contributed by atoms with Crippen LogP contribution in [-0.4, -0.2) is 9.97 Å². The molecule has 1 rings (SSSR count). The second kappa shape index (κ2) is 3.39. The lowest BCUT2D eigenvalue weighted by Gasteiger charge is -2.01. The molecule has 0 saturated carbocycles. The van der Waals surface area contributed by atoms with Crippen LogP contribution in [-0.2, 0) is 0 Å². The largest absolute Gasteiger partial charge is 0.383 e. The van der Waals surface area contributed by atoms with Crippen molar-refractivity contribution in [1.29, 1.82) is 0 Å². The number of anilines is 2. The van der Waals surface area contributed by atoms with Crippen molar-refractivity contribution in [3.63, 3.8) is 0 Å². The predicted octanol–water partition coefficient (Wildman–Crippen LogP) is 0.680. The van der Waals surface area contributed by atoms with Gasteiger partial charge in [0.2, 0.25) is 5.95 Å². The Labute approximate surface area is 71.4 Å². The molecule has 0 aliphatic carbocycles. The van der Waals surface area contributed by atoms with Crippen molar-refractivity contribution >= 4 is 24.2 Å². The Morgan fingerprint density at radius 3 is 2.09 bits per heavy atom.